The molecule has 0 aliphatic carbocycles. The summed E-state index contributed by atoms with van der Waals surface area (Å²) in [4.78, 5) is 23.1. The van der Waals surface area contributed by atoms with E-state index in [1.54, 1.807) is 61.0 Å². The summed E-state index contributed by atoms with van der Waals surface area (Å²) >= 11 is 12.0. The Bertz CT molecular complexity index is 1060. The van der Waals surface area contributed by atoms with Crippen molar-refractivity contribution in [2.45, 2.75) is 20.4 Å². The second-order valence-electron chi connectivity index (χ2n) is 6.19. The van der Waals surface area contributed by atoms with Crippen molar-refractivity contribution in [2.24, 2.45) is 0 Å². The minimum Gasteiger partial charge on any atom is -0.321 e. The molecule has 0 spiro atoms. The predicted octanol–water partition coefficient (Wildman–Crippen LogP) is 5.02. The topological polar surface area (TPSA) is 90.1 Å². The first-order valence-electron chi connectivity index (χ1n) is 8.30. The molecular formula is C19H16Cl2N4O3. The molecule has 3 aromatic rings. The van der Waals surface area contributed by atoms with Gasteiger partial charge in [-0.1, -0.05) is 41.4 Å². The molecule has 1 amide bonds. The normalized spacial score (nSPS) is 10.7. The molecule has 0 saturated carbocycles. The molecule has 7 nitrogen and oxygen atoms in total. The van der Waals surface area contributed by atoms with Gasteiger partial charge in [-0.25, -0.2) is 0 Å². The zero-order valence-corrected chi connectivity index (χ0v) is 16.6. The van der Waals surface area contributed by atoms with Crippen LogP contribution in [0.3, 0.4) is 0 Å². The van der Waals surface area contributed by atoms with Crippen molar-refractivity contribution in [3.8, 4) is 0 Å². The van der Waals surface area contributed by atoms with Gasteiger partial charge in [0.05, 0.1) is 27.2 Å². The fourth-order valence-corrected chi connectivity index (χ4v) is 3.18. The maximum absolute atomic E-state index is 12.4. The highest BCUT2D eigenvalue weighted by molar-refractivity contribution is 6.44. The average Bonchev–Trinajstić information content (AvgIpc) is 2.93. The highest BCUT2D eigenvalue weighted by atomic mass is 35.5. The Morgan fingerprint density at radius 1 is 1.18 bits per heavy atom. The summed E-state index contributed by atoms with van der Waals surface area (Å²) in [5, 5.41) is 18.7. The smallest absolute Gasteiger partial charge is 0.312 e. The molecule has 1 heterocycles. The molecule has 9 heteroatoms. The lowest BCUT2D eigenvalue weighted by atomic mass is 10.1. The second-order valence-corrected chi connectivity index (χ2v) is 6.97. The number of benzene rings is 2. The molecule has 0 aliphatic rings. The lowest BCUT2D eigenvalue weighted by Gasteiger charge is -2.09. The number of nitrogens with zero attached hydrogens (tertiary/aromatic N) is 3. The number of rotatable bonds is 5. The van der Waals surface area contributed by atoms with Crippen LogP contribution < -0.4 is 5.32 Å². The van der Waals surface area contributed by atoms with E-state index in [9.17, 15) is 14.9 Å². The number of halogens is 2. The van der Waals surface area contributed by atoms with Gasteiger partial charge >= 0.3 is 5.69 Å². The highest BCUT2D eigenvalue weighted by Gasteiger charge is 2.21. The Balaban J connectivity index is 1.75. The van der Waals surface area contributed by atoms with E-state index in [2.05, 4.69) is 10.4 Å². The first-order chi connectivity index (χ1) is 13.3. The Hall–Kier alpha value is -2.90. The van der Waals surface area contributed by atoms with Crippen LogP contribution in [0.5, 0.6) is 0 Å². The Labute approximate surface area is 171 Å². The third-order valence-corrected chi connectivity index (χ3v) is 5.09. The van der Waals surface area contributed by atoms with Gasteiger partial charge in [-0.05, 0) is 43.7 Å². The van der Waals surface area contributed by atoms with Crippen molar-refractivity contribution < 1.29 is 9.72 Å². The van der Waals surface area contributed by atoms with Gasteiger partial charge < -0.3 is 5.32 Å². The van der Waals surface area contributed by atoms with E-state index >= 15 is 0 Å². The zero-order chi connectivity index (χ0) is 20.4. The van der Waals surface area contributed by atoms with Crippen molar-refractivity contribution in [3.63, 3.8) is 0 Å². The van der Waals surface area contributed by atoms with Gasteiger partial charge in [-0.15, -0.1) is 0 Å². The first-order valence-corrected chi connectivity index (χ1v) is 9.06. The van der Waals surface area contributed by atoms with Crippen molar-refractivity contribution in [3.05, 3.63) is 85.1 Å². The largest absolute Gasteiger partial charge is 0.321 e. The van der Waals surface area contributed by atoms with Crippen molar-refractivity contribution >= 4 is 40.5 Å². The summed E-state index contributed by atoms with van der Waals surface area (Å²) < 4.78 is 1.58. The summed E-state index contributed by atoms with van der Waals surface area (Å²) in [6, 6.07) is 11.9. The SMILES string of the molecule is Cc1nn(Cc2ccc(C(=O)Nc3cccc(Cl)c3Cl)cc2)c(C)c1[N+](=O)[O-]. The molecule has 0 bridgehead atoms. The number of aryl methyl sites for hydroxylation is 1. The van der Waals surface area contributed by atoms with Gasteiger partial charge in [0.1, 0.15) is 11.4 Å². The van der Waals surface area contributed by atoms with Gasteiger partial charge in [0.25, 0.3) is 5.91 Å². The molecule has 0 unspecified atom stereocenters. The van der Waals surface area contributed by atoms with Crippen molar-refractivity contribution in [1.29, 1.82) is 0 Å². The summed E-state index contributed by atoms with van der Waals surface area (Å²) in [6.45, 7) is 3.63. The monoisotopic (exact) mass is 418 g/mol. The summed E-state index contributed by atoms with van der Waals surface area (Å²) in [5.74, 6) is -0.322. The fraction of sp³-hybridized carbons (Fsp3) is 0.158. The summed E-state index contributed by atoms with van der Waals surface area (Å²) in [5.41, 5.74) is 2.61. The molecule has 3 rings (SSSR count). The minimum absolute atomic E-state index is 0.0226. The van der Waals surface area contributed by atoms with Gasteiger partial charge in [0, 0.05) is 5.56 Å². The molecule has 28 heavy (non-hydrogen) atoms. The third-order valence-electron chi connectivity index (χ3n) is 4.27. The number of amides is 1. The van der Waals surface area contributed by atoms with Crippen LogP contribution in [0.1, 0.15) is 27.3 Å². The fourth-order valence-electron chi connectivity index (χ4n) is 2.83. The lowest BCUT2D eigenvalue weighted by Crippen LogP contribution is -2.12. The standard InChI is InChI=1S/C19H16Cl2N4O3/c1-11-18(25(27)28)12(2)24(23-11)10-13-6-8-14(9-7-13)19(26)22-16-5-3-4-15(20)17(16)21/h3-9H,10H2,1-2H3,(H,22,26). The number of hydrogen-bond donors (Lipinski definition) is 1. The van der Waals surface area contributed by atoms with Crippen LogP contribution >= 0.6 is 23.2 Å². The molecule has 0 aliphatic heterocycles. The van der Waals surface area contributed by atoms with Crippen LogP contribution in [-0.2, 0) is 6.54 Å². The number of carbonyl (C=O) groups is 1. The van der Waals surface area contributed by atoms with Crippen LogP contribution in [0, 0.1) is 24.0 Å². The molecule has 0 atom stereocenters. The lowest BCUT2D eigenvalue weighted by molar-refractivity contribution is -0.386. The van der Waals surface area contributed by atoms with Crippen LogP contribution in [0.15, 0.2) is 42.5 Å². The van der Waals surface area contributed by atoms with Gasteiger partial charge in [0.15, 0.2) is 0 Å². The minimum atomic E-state index is -0.428. The van der Waals surface area contributed by atoms with E-state index in [4.69, 9.17) is 23.2 Å². The molecular weight excluding hydrogens is 403 g/mol. The van der Waals surface area contributed by atoms with E-state index < -0.39 is 4.92 Å². The second kappa shape index (κ2) is 8.00. The highest BCUT2D eigenvalue weighted by Crippen LogP contribution is 2.30. The van der Waals surface area contributed by atoms with Crippen molar-refractivity contribution in [1.82, 2.24) is 9.78 Å². The van der Waals surface area contributed by atoms with Crippen molar-refractivity contribution in [2.75, 3.05) is 5.32 Å². The predicted molar refractivity (Wildman–Crippen MR) is 108 cm³/mol. The number of hydrogen-bond acceptors (Lipinski definition) is 4. The van der Waals surface area contributed by atoms with Crippen LogP contribution in [0.2, 0.25) is 10.0 Å². The van der Waals surface area contributed by atoms with Gasteiger partial charge in [0.2, 0.25) is 0 Å². The summed E-state index contributed by atoms with van der Waals surface area (Å²) in [7, 11) is 0. The van der Waals surface area contributed by atoms with Crippen LogP contribution in [0.4, 0.5) is 11.4 Å². The van der Waals surface area contributed by atoms with E-state index in [0.29, 0.717) is 34.2 Å². The molecule has 0 fully saturated rings. The number of carbonyl (C=O) groups excluding carboxylic acids is 1. The number of nitro groups is 1. The van der Waals surface area contributed by atoms with E-state index in [-0.39, 0.29) is 16.6 Å². The third kappa shape index (κ3) is 4.00. The molecule has 0 saturated heterocycles. The molecule has 1 N–H and O–H groups in total. The Morgan fingerprint density at radius 2 is 1.86 bits per heavy atom. The zero-order valence-electron chi connectivity index (χ0n) is 15.1. The number of nitrogens with one attached hydrogen (secondary N) is 1. The first kappa shape index (κ1) is 19.9. The van der Waals surface area contributed by atoms with Crippen LogP contribution in [0.25, 0.3) is 0 Å². The molecule has 1 aromatic heterocycles. The maximum Gasteiger partial charge on any atom is 0.312 e. The molecule has 0 radical (unpaired) electrons. The van der Waals surface area contributed by atoms with Gasteiger partial charge in [-0.3, -0.25) is 19.6 Å². The average molecular weight is 419 g/mol. The molecule has 2 aromatic carbocycles. The Morgan fingerprint density at radius 3 is 2.46 bits per heavy atom. The van der Waals surface area contributed by atoms with Gasteiger partial charge in [-0.2, -0.15) is 5.10 Å². The number of aromatic nitrogens is 2. The maximum atomic E-state index is 12.4. The van der Waals surface area contributed by atoms with E-state index in [1.807, 2.05) is 0 Å². The quantitative estimate of drug-likeness (QED) is 0.465. The van der Waals surface area contributed by atoms with E-state index in [0.717, 1.165) is 5.56 Å². The molecule has 144 valence electrons. The van der Waals surface area contributed by atoms with E-state index in [1.165, 1.54) is 0 Å². The number of anilines is 1. The van der Waals surface area contributed by atoms with Crippen LogP contribution in [-0.4, -0.2) is 20.6 Å². The summed E-state index contributed by atoms with van der Waals surface area (Å²) in [6.07, 6.45) is 0. The Kier molecular flexibility index (Phi) is 5.67.